The Morgan fingerprint density at radius 1 is 0.630 bits per heavy atom. The number of unbranched alkanes of at least 4 members (excludes halogenated alkanes) is 23. The molecule has 0 radical (unpaired) electrons. The first kappa shape index (κ1) is 42.2. The predicted molar refractivity (Wildman–Crippen MR) is 193 cm³/mol. The Hall–Kier alpha value is -1.79. The van der Waals surface area contributed by atoms with Crippen molar-refractivity contribution in [3.8, 4) is 0 Å². The number of nitrogens with zero attached hydrogens (tertiary/aromatic N) is 2. The molecule has 0 saturated heterocycles. The average molecular weight is 645 g/mol. The highest BCUT2D eigenvalue weighted by Gasteiger charge is 2.30. The lowest BCUT2D eigenvalue weighted by atomic mass is 9.91. The van der Waals surface area contributed by atoms with E-state index in [-0.39, 0.29) is 18.4 Å². The minimum atomic E-state index is -1.13. The second-order valence-corrected chi connectivity index (χ2v) is 13.7. The van der Waals surface area contributed by atoms with Gasteiger partial charge in [-0.1, -0.05) is 168 Å². The molecule has 0 aliphatic carbocycles. The number of aliphatic hydroxyl groups is 2. The van der Waals surface area contributed by atoms with Gasteiger partial charge in [0, 0.05) is 18.8 Å². The number of carbonyl (C=O) groups excluding carboxylic acids is 2. The highest BCUT2D eigenvalue weighted by atomic mass is 16.3. The van der Waals surface area contributed by atoms with Crippen LogP contribution in [-0.2, 0) is 9.59 Å². The van der Waals surface area contributed by atoms with E-state index in [4.69, 9.17) is 0 Å². The van der Waals surface area contributed by atoms with Crippen molar-refractivity contribution < 1.29 is 19.8 Å². The summed E-state index contributed by atoms with van der Waals surface area (Å²) in [5.74, 6) is -0.955. The van der Waals surface area contributed by atoms with Gasteiger partial charge < -0.3 is 10.2 Å². The Morgan fingerprint density at radius 3 is 1.43 bits per heavy atom. The minimum absolute atomic E-state index is 0.160. The largest absolute Gasteiger partial charge is 0.394 e. The second-order valence-electron chi connectivity index (χ2n) is 13.7. The van der Waals surface area contributed by atoms with Crippen LogP contribution in [0.3, 0.4) is 0 Å². The Morgan fingerprint density at radius 2 is 1.02 bits per heavy atom. The molecule has 1 aromatic heterocycles. The second kappa shape index (κ2) is 30.5. The summed E-state index contributed by atoms with van der Waals surface area (Å²) in [7, 11) is 0. The van der Waals surface area contributed by atoms with E-state index in [0.29, 0.717) is 12.8 Å². The van der Waals surface area contributed by atoms with E-state index in [2.05, 4.69) is 18.8 Å². The van der Waals surface area contributed by atoms with Crippen LogP contribution < -0.4 is 0 Å². The van der Waals surface area contributed by atoms with Crippen LogP contribution in [0, 0.1) is 0 Å². The molecule has 2 atom stereocenters. The fourth-order valence-corrected chi connectivity index (χ4v) is 6.42. The molecule has 2 amide bonds. The third-order valence-electron chi connectivity index (χ3n) is 9.42. The molecule has 6 nitrogen and oxygen atoms in total. The van der Waals surface area contributed by atoms with Crippen LogP contribution in [0.5, 0.6) is 0 Å². The first-order chi connectivity index (χ1) is 22.5. The van der Waals surface area contributed by atoms with E-state index in [9.17, 15) is 19.8 Å². The number of imide groups is 1. The molecule has 2 unspecified atom stereocenters. The molecule has 46 heavy (non-hydrogen) atoms. The summed E-state index contributed by atoms with van der Waals surface area (Å²) in [6, 6.07) is 3.72. The molecule has 1 heterocycles. The zero-order valence-electron chi connectivity index (χ0n) is 30.1. The number of aliphatic hydroxyl groups excluding tert-OH is 2. The van der Waals surface area contributed by atoms with Gasteiger partial charge in [0.25, 0.3) is 0 Å². The number of pyridine rings is 1. The number of amides is 2. The van der Waals surface area contributed by atoms with Gasteiger partial charge in [0.1, 0.15) is 0 Å². The van der Waals surface area contributed by atoms with Crippen LogP contribution in [0.2, 0.25) is 0 Å². The highest BCUT2D eigenvalue weighted by Crippen LogP contribution is 2.26. The summed E-state index contributed by atoms with van der Waals surface area (Å²) in [6.07, 6.45) is 34.3. The third kappa shape index (κ3) is 21.9. The fraction of sp³-hybridized carbons (Fsp3) is 0.825. The van der Waals surface area contributed by atoms with Crippen LogP contribution in [0.25, 0.3) is 0 Å². The fourth-order valence-electron chi connectivity index (χ4n) is 6.42. The minimum Gasteiger partial charge on any atom is -0.394 e. The van der Waals surface area contributed by atoms with Crippen LogP contribution in [0.4, 0.5) is 0 Å². The summed E-state index contributed by atoms with van der Waals surface area (Å²) in [5.41, 5.74) is 0.861. The lowest BCUT2D eigenvalue weighted by Crippen LogP contribution is -2.45. The highest BCUT2D eigenvalue weighted by molar-refractivity contribution is 5.98. The van der Waals surface area contributed by atoms with E-state index < -0.39 is 18.6 Å². The number of carbonyl (C=O) groups is 2. The van der Waals surface area contributed by atoms with Gasteiger partial charge in [-0.15, -0.1) is 0 Å². The first-order valence-electron chi connectivity index (χ1n) is 19.6. The number of hydrogen-bond acceptors (Lipinski definition) is 5. The van der Waals surface area contributed by atoms with Crippen LogP contribution in [0.15, 0.2) is 24.5 Å². The first-order valence-corrected chi connectivity index (χ1v) is 19.6. The number of hydrogen-bond donors (Lipinski definition) is 2. The SMILES string of the molecule is CCCCCCCCCCCCCCCC(=O)N(CC(O)CO)C(=O)C(CCCCCCCCCCCCCC)c1ccncc1. The van der Waals surface area contributed by atoms with Gasteiger partial charge in [-0.05, 0) is 30.5 Å². The molecule has 6 heteroatoms. The maximum atomic E-state index is 13.9. The summed E-state index contributed by atoms with van der Waals surface area (Å²) >= 11 is 0. The summed E-state index contributed by atoms with van der Waals surface area (Å²) < 4.78 is 0. The molecule has 1 aromatic rings. The van der Waals surface area contributed by atoms with Crippen molar-refractivity contribution in [3.63, 3.8) is 0 Å². The number of aromatic nitrogens is 1. The molecule has 2 N–H and O–H groups in total. The van der Waals surface area contributed by atoms with Crippen molar-refractivity contribution in [1.29, 1.82) is 0 Å². The topological polar surface area (TPSA) is 90.7 Å². The molecule has 0 saturated carbocycles. The standard InChI is InChI=1S/C40H72N2O4/c1-3-5-7-9-11-13-15-17-19-21-23-25-27-29-39(45)42(34-37(44)35-43)40(46)38(36-30-32-41-33-31-36)28-26-24-22-20-18-16-14-12-10-8-6-4-2/h30-33,37-38,43-44H,3-29,34-35H2,1-2H3. The van der Waals surface area contributed by atoms with Gasteiger partial charge in [0.2, 0.25) is 11.8 Å². The van der Waals surface area contributed by atoms with Gasteiger partial charge >= 0.3 is 0 Å². The Balaban J connectivity index is 2.49. The molecule has 1 rings (SSSR count). The third-order valence-corrected chi connectivity index (χ3v) is 9.42. The molecule has 0 aliphatic heterocycles. The zero-order valence-corrected chi connectivity index (χ0v) is 30.1. The normalized spacial score (nSPS) is 12.7. The smallest absolute Gasteiger partial charge is 0.236 e. The number of rotatable bonds is 32. The molecule has 0 fully saturated rings. The van der Waals surface area contributed by atoms with Gasteiger partial charge in [-0.3, -0.25) is 19.5 Å². The lowest BCUT2D eigenvalue weighted by molar-refractivity contribution is -0.148. The van der Waals surface area contributed by atoms with Crippen molar-refractivity contribution in [1.82, 2.24) is 9.88 Å². The average Bonchev–Trinajstić information content (AvgIpc) is 3.07. The molecule has 0 spiro atoms. The van der Waals surface area contributed by atoms with E-state index >= 15 is 0 Å². The van der Waals surface area contributed by atoms with Gasteiger partial charge in [-0.2, -0.15) is 0 Å². The Labute approximate surface area is 283 Å². The molecule has 266 valence electrons. The van der Waals surface area contributed by atoms with Crippen LogP contribution in [-0.4, -0.2) is 51.2 Å². The van der Waals surface area contributed by atoms with E-state index in [1.165, 1.54) is 127 Å². The molecular weight excluding hydrogens is 572 g/mol. The van der Waals surface area contributed by atoms with E-state index in [1.807, 2.05) is 12.1 Å². The van der Waals surface area contributed by atoms with E-state index in [0.717, 1.165) is 44.1 Å². The van der Waals surface area contributed by atoms with Crippen molar-refractivity contribution in [3.05, 3.63) is 30.1 Å². The maximum Gasteiger partial charge on any atom is 0.236 e. The van der Waals surface area contributed by atoms with E-state index in [1.54, 1.807) is 12.4 Å². The quantitative estimate of drug-likeness (QED) is 0.0762. The van der Waals surface area contributed by atoms with Gasteiger partial charge in [-0.25, -0.2) is 0 Å². The Kier molecular flexibility index (Phi) is 28.0. The summed E-state index contributed by atoms with van der Waals surface area (Å²) in [5, 5.41) is 19.8. The molecule has 0 bridgehead atoms. The molecule has 0 aliphatic rings. The van der Waals surface area contributed by atoms with Crippen molar-refractivity contribution in [2.24, 2.45) is 0 Å². The Bertz CT molecular complexity index is 834. The predicted octanol–water partition coefficient (Wildman–Crippen LogP) is 10.4. The van der Waals surface area contributed by atoms with Crippen LogP contribution >= 0.6 is 0 Å². The molecule has 0 aromatic carbocycles. The zero-order chi connectivity index (χ0) is 33.5. The summed E-state index contributed by atoms with van der Waals surface area (Å²) in [4.78, 5) is 32.6. The van der Waals surface area contributed by atoms with Crippen LogP contribution in [0.1, 0.15) is 199 Å². The summed E-state index contributed by atoms with van der Waals surface area (Å²) in [6.45, 7) is 3.88. The van der Waals surface area contributed by atoms with Crippen molar-refractivity contribution in [2.45, 2.75) is 199 Å². The monoisotopic (exact) mass is 645 g/mol. The molecular formula is C40H72N2O4. The van der Waals surface area contributed by atoms with Gasteiger partial charge in [0.05, 0.1) is 25.2 Å². The van der Waals surface area contributed by atoms with Crippen molar-refractivity contribution in [2.75, 3.05) is 13.2 Å². The lowest BCUT2D eigenvalue weighted by Gasteiger charge is -2.28. The van der Waals surface area contributed by atoms with Gasteiger partial charge in [0.15, 0.2) is 0 Å². The maximum absolute atomic E-state index is 13.9. The van der Waals surface area contributed by atoms with Crippen molar-refractivity contribution >= 4 is 11.8 Å².